The maximum atomic E-state index is 13.1. The topological polar surface area (TPSA) is 53.1 Å². The van der Waals surface area contributed by atoms with Crippen LogP contribution in [0.25, 0.3) is 0 Å². The molecular weight excluding hydrogens is 374 g/mol. The molecule has 28 heavy (non-hydrogen) atoms. The number of hydrogen-bond acceptors (Lipinski definition) is 4. The highest BCUT2D eigenvalue weighted by Crippen LogP contribution is 2.19. The third kappa shape index (κ3) is 6.65. The van der Waals surface area contributed by atoms with Crippen LogP contribution in [-0.2, 0) is 22.6 Å². The Balaban J connectivity index is 2.16. The number of ether oxygens (including phenoxy) is 1. The lowest BCUT2D eigenvalue weighted by Gasteiger charge is -2.29. The average molecular weight is 404 g/mol. The fourth-order valence-corrected chi connectivity index (χ4v) is 3.69. The highest BCUT2D eigenvalue weighted by Gasteiger charge is 2.23. The summed E-state index contributed by atoms with van der Waals surface area (Å²) < 4.78 is 5.10. The maximum Gasteiger partial charge on any atom is 0.320 e. The Kier molecular flexibility index (Phi) is 8.47. The lowest BCUT2D eigenvalue weighted by molar-refractivity contribution is -0.133. The van der Waals surface area contributed by atoms with Gasteiger partial charge in [0.2, 0.25) is 5.91 Å². The highest BCUT2D eigenvalue weighted by molar-refractivity contribution is 7.11. The fraction of sp³-hybridized carbons (Fsp3) is 0.429. The number of rotatable bonds is 9. The van der Waals surface area contributed by atoms with Crippen molar-refractivity contribution < 1.29 is 14.3 Å². The lowest BCUT2D eigenvalue weighted by Crippen LogP contribution is -2.47. The molecule has 0 aliphatic carbocycles. The van der Waals surface area contributed by atoms with Gasteiger partial charge in [-0.05, 0) is 24.6 Å². The van der Waals surface area contributed by atoms with Crippen molar-refractivity contribution in [2.45, 2.75) is 20.0 Å². The van der Waals surface area contributed by atoms with Gasteiger partial charge >= 0.3 is 6.03 Å². The van der Waals surface area contributed by atoms with Crippen molar-refractivity contribution in [3.8, 4) is 0 Å². The third-order valence-electron chi connectivity index (χ3n) is 4.26. The summed E-state index contributed by atoms with van der Waals surface area (Å²) in [6, 6.07) is 13.8. The molecule has 7 heteroatoms. The number of hydrogen-bond donors (Lipinski definition) is 0. The molecule has 0 radical (unpaired) electrons. The third-order valence-corrected chi connectivity index (χ3v) is 5.24. The molecule has 0 unspecified atom stereocenters. The Morgan fingerprint density at radius 3 is 2.29 bits per heavy atom. The van der Waals surface area contributed by atoms with Gasteiger partial charge in [0.25, 0.3) is 0 Å². The van der Waals surface area contributed by atoms with Gasteiger partial charge in [-0.25, -0.2) is 4.79 Å². The first-order valence-electron chi connectivity index (χ1n) is 9.23. The van der Waals surface area contributed by atoms with Gasteiger partial charge < -0.3 is 19.4 Å². The number of methoxy groups -OCH3 is 1. The summed E-state index contributed by atoms with van der Waals surface area (Å²) in [5, 5.41) is 0. The molecule has 0 N–H and O–H groups in total. The van der Waals surface area contributed by atoms with E-state index in [1.807, 2.05) is 35.2 Å². The Hall–Kier alpha value is -2.38. The van der Waals surface area contributed by atoms with Crippen LogP contribution >= 0.6 is 11.3 Å². The smallest absolute Gasteiger partial charge is 0.320 e. The van der Waals surface area contributed by atoms with Crippen molar-refractivity contribution in [3.63, 3.8) is 0 Å². The Morgan fingerprint density at radius 1 is 1.00 bits per heavy atom. The van der Waals surface area contributed by atoms with E-state index in [4.69, 9.17) is 4.74 Å². The van der Waals surface area contributed by atoms with Gasteiger partial charge in [0, 0.05) is 44.0 Å². The van der Waals surface area contributed by atoms with Crippen LogP contribution in [0.2, 0.25) is 0 Å². The number of nitrogens with zero attached hydrogens (tertiary/aromatic N) is 3. The van der Waals surface area contributed by atoms with Crippen molar-refractivity contribution >= 4 is 23.3 Å². The number of carbonyl (C=O) groups excluding carboxylic acids is 2. The zero-order chi connectivity index (χ0) is 20.5. The monoisotopic (exact) mass is 403 g/mol. The molecule has 1 heterocycles. The SMILES string of the molecule is COCCN(CC(=O)N(Cc1ccccc1)Cc1ccc(C)s1)C(=O)N(C)C. The Morgan fingerprint density at radius 2 is 1.71 bits per heavy atom. The van der Waals surface area contributed by atoms with E-state index in [-0.39, 0.29) is 18.5 Å². The Bertz CT molecular complexity index is 761. The van der Waals surface area contributed by atoms with E-state index in [1.54, 1.807) is 32.5 Å². The minimum Gasteiger partial charge on any atom is -0.383 e. The minimum atomic E-state index is -0.197. The average Bonchev–Trinajstić information content (AvgIpc) is 3.09. The van der Waals surface area contributed by atoms with Crippen LogP contribution in [0.15, 0.2) is 42.5 Å². The van der Waals surface area contributed by atoms with E-state index in [0.717, 1.165) is 10.4 Å². The first-order chi connectivity index (χ1) is 13.4. The number of benzene rings is 1. The Labute approximate surface area is 171 Å². The molecule has 152 valence electrons. The number of carbonyl (C=O) groups is 2. The molecule has 1 aromatic carbocycles. The molecule has 0 fully saturated rings. The molecular formula is C21H29N3O3S. The minimum absolute atomic E-state index is 0.0254. The van der Waals surface area contributed by atoms with Gasteiger partial charge in [0.05, 0.1) is 13.2 Å². The van der Waals surface area contributed by atoms with Crippen molar-refractivity contribution in [1.82, 2.24) is 14.7 Å². The summed E-state index contributed by atoms with van der Waals surface area (Å²) in [5.74, 6) is -0.0822. The van der Waals surface area contributed by atoms with Crippen LogP contribution in [0.4, 0.5) is 4.79 Å². The van der Waals surface area contributed by atoms with Crippen LogP contribution < -0.4 is 0 Å². The van der Waals surface area contributed by atoms with Gasteiger partial charge in [0.1, 0.15) is 6.54 Å². The first kappa shape index (κ1) is 21.9. The van der Waals surface area contributed by atoms with Crippen molar-refractivity contribution in [3.05, 3.63) is 57.8 Å². The lowest BCUT2D eigenvalue weighted by atomic mass is 10.2. The zero-order valence-corrected chi connectivity index (χ0v) is 17.9. The largest absolute Gasteiger partial charge is 0.383 e. The quantitative estimate of drug-likeness (QED) is 0.646. The number of thiophene rings is 1. The maximum absolute atomic E-state index is 13.1. The second-order valence-corrected chi connectivity index (χ2v) is 8.21. The van der Waals surface area contributed by atoms with Crippen LogP contribution in [0, 0.1) is 6.92 Å². The van der Waals surface area contributed by atoms with Crippen LogP contribution in [0.3, 0.4) is 0 Å². The summed E-state index contributed by atoms with van der Waals surface area (Å²) in [5.41, 5.74) is 1.06. The van der Waals surface area contributed by atoms with E-state index in [0.29, 0.717) is 26.2 Å². The van der Waals surface area contributed by atoms with Crippen molar-refractivity contribution in [2.24, 2.45) is 0 Å². The van der Waals surface area contributed by atoms with E-state index >= 15 is 0 Å². The molecule has 1 aromatic heterocycles. The molecule has 0 aliphatic heterocycles. The van der Waals surface area contributed by atoms with Crippen molar-refractivity contribution in [2.75, 3.05) is 40.9 Å². The zero-order valence-electron chi connectivity index (χ0n) is 17.1. The summed E-state index contributed by atoms with van der Waals surface area (Å²) in [4.78, 5) is 32.8. The first-order valence-corrected chi connectivity index (χ1v) is 10.0. The molecule has 3 amide bonds. The van der Waals surface area contributed by atoms with Gasteiger partial charge in [-0.1, -0.05) is 30.3 Å². The van der Waals surface area contributed by atoms with Crippen molar-refractivity contribution in [1.29, 1.82) is 0 Å². The second kappa shape index (κ2) is 10.8. The number of urea groups is 1. The predicted octanol–water partition coefficient (Wildman–Crippen LogP) is 3.22. The van der Waals surface area contributed by atoms with E-state index in [2.05, 4.69) is 19.1 Å². The molecule has 0 saturated carbocycles. The van der Waals surface area contributed by atoms with Gasteiger partial charge in [0.15, 0.2) is 0 Å². The molecule has 2 aromatic rings. The summed E-state index contributed by atoms with van der Waals surface area (Å²) in [6.07, 6.45) is 0. The van der Waals surface area contributed by atoms with Crippen LogP contribution in [0.1, 0.15) is 15.3 Å². The summed E-state index contributed by atoms with van der Waals surface area (Å²) >= 11 is 1.69. The molecule has 2 rings (SSSR count). The number of amides is 3. The van der Waals surface area contributed by atoms with Gasteiger partial charge in [-0.3, -0.25) is 4.79 Å². The normalized spacial score (nSPS) is 10.6. The van der Waals surface area contributed by atoms with Gasteiger partial charge in [-0.2, -0.15) is 0 Å². The van der Waals surface area contributed by atoms with Crippen LogP contribution in [0.5, 0.6) is 0 Å². The predicted molar refractivity (Wildman–Crippen MR) is 112 cm³/mol. The molecule has 0 spiro atoms. The molecule has 0 atom stereocenters. The molecule has 0 aliphatic rings. The molecule has 0 saturated heterocycles. The molecule has 6 nitrogen and oxygen atoms in total. The van der Waals surface area contributed by atoms with E-state index in [9.17, 15) is 9.59 Å². The fourth-order valence-electron chi connectivity index (χ4n) is 2.78. The molecule has 0 bridgehead atoms. The number of aryl methyl sites for hydroxylation is 1. The second-order valence-electron chi connectivity index (χ2n) is 6.84. The van der Waals surface area contributed by atoms with E-state index < -0.39 is 0 Å². The standard InChI is InChI=1S/C21H29N3O3S/c1-17-10-11-19(28-17)15-24(14-18-8-6-5-7-9-18)20(25)16-23(12-13-27-4)21(26)22(2)3/h5-11H,12-16H2,1-4H3. The van der Waals surface area contributed by atoms with Crippen LogP contribution in [-0.4, -0.2) is 67.5 Å². The highest BCUT2D eigenvalue weighted by atomic mass is 32.1. The summed E-state index contributed by atoms with van der Waals surface area (Å²) in [6.45, 7) is 3.87. The van der Waals surface area contributed by atoms with Gasteiger partial charge in [-0.15, -0.1) is 11.3 Å². The summed E-state index contributed by atoms with van der Waals surface area (Å²) in [7, 11) is 4.95. The van der Waals surface area contributed by atoms with E-state index in [1.165, 1.54) is 14.7 Å².